The van der Waals surface area contributed by atoms with Crippen LogP contribution in [0, 0.1) is 11.8 Å². The molecule has 0 aliphatic heterocycles. The van der Waals surface area contributed by atoms with Crippen molar-refractivity contribution in [2.24, 2.45) is 11.8 Å². The standard InChI is InChI=1S/C27H29ClN2O3/c1-33-24-13-19(12-22(28)27(24)32)18-9-10-23-20(11-18)25(30-14-16-5-3-2-4-6-16)21(15-29-23)26(31)17-7-8-17/h9-13,15-17,32H,2-8,14H2,1H3,(H,29,30). The van der Waals surface area contributed by atoms with Crippen molar-refractivity contribution < 1.29 is 14.6 Å². The normalized spacial score (nSPS) is 16.7. The smallest absolute Gasteiger partial charge is 0.176 e. The highest BCUT2D eigenvalue weighted by atomic mass is 35.5. The molecule has 33 heavy (non-hydrogen) atoms. The number of pyridine rings is 1. The number of halogens is 1. The summed E-state index contributed by atoms with van der Waals surface area (Å²) in [6, 6.07) is 9.49. The first-order chi connectivity index (χ1) is 16.0. The summed E-state index contributed by atoms with van der Waals surface area (Å²) in [6.07, 6.45) is 10.0. The van der Waals surface area contributed by atoms with Crippen LogP contribution >= 0.6 is 11.6 Å². The van der Waals surface area contributed by atoms with Crippen molar-refractivity contribution in [3.05, 3.63) is 47.1 Å². The zero-order valence-electron chi connectivity index (χ0n) is 18.9. The summed E-state index contributed by atoms with van der Waals surface area (Å²) in [5.74, 6) is 1.20. The molecule has 0 unspecified atom stereocenters. The lowest BCUT2D eigenvalue weighted by Crippen LogP contribution is -2.19. The van der Waals surface area contributed by atoms with E-state index in [4.69, 9.17) is 16.3 Å². The maximum atomic E-state index is 13.1. The Labute approximate surface area is 199 Å². The van der Waals surface area contributed by atoms with Gasteiger partial charge in [-0.1, -0.05) is 36.9 Å². The van der Waals surface area contributed by atoms with Crippen LogP contribution in [-0.4, -0.2) is 29.5 Å². The molecule has 2 saturated carbocycles. The maximum absolute atomic E-state index is 13.1. The van der Waals surface area contributed by atoms with Crippen LogP contribution in [0.4, 0.5) is 5.69 Å². The topological polar surface area (TPSA) is 71.5 Å². The molecule has 1 aromatic heterocycles. The molecule has 2 aliphatic rings. The Balaban J connectivity index is 1.58. The number of carbonyl (C=O) groups excluding carboxylic acids is 1. The van der Waals surface area contributed by atoms with Gasteiger partial charge in [0.05, 0.1) is 28.9 Å². The van der Waals surface area contributed by atoms with Crippen LogP contribution in [0.15, 0.2) is 36.5 Å². The lowest BCUT2D eigenvalue weighted by atomic mass is 9.89. The molecule has 2 N–H and O–H groups in total. The first-order valence-corrected chi connectivity index (χ1v) is 12.2. The third-order valence-electron chi connectivity index (χ3n) is 6.96. The Hall–Kier alpha value is -2.79. The molecule has 3 aromatic rings. The van der Waals surface area contributed by atoms with E-state index in [9.17, 15) is 9.90 Å². The summed E-state index contributed by atoms with van der Waals surface area (Å²) in [4.78, 5) is 17.7. The second kappa shape index (κ2) is 9.22. The Morgan fingerprint density at radius 2 is 1.91 bits per heavy atom. The average molecular weight is 465 g/mol. The number of anilines is 1. The number of ketones is 1. The number of hydrogen-bond donors (Lipinski definition) is 2. The number of benzene rings is 2. The van der Waals surface area contributed by atoms with Crippen LogP contribution in [0.25, 0.3) is 22.0 Å². The second-order valence-electron chi connectivity index (χ2n) is 9.31. The van der Waals surface area contributed by atoms with Gasteiger partial charge in [-0.15, -0.1) is 0 Å². The molecule has 0 spiro atoms. The number of rotatable bonds is 7. The average Bonchev–Trinajstić information content (AvgIpc) is 3.69. The van der Waals surface area contributed by atoms with Crippen LogP contribution in [0.1, 0.15) is 55.3 Å². The lowest BCUT2D eigenvalue weighted by Gasteiger charge is -2.23. The first kappa shape index (κ1) is 22.0. The summed E-state index contributed by atoms with van der Waals surface area (Å²) < 4.78 is 5.28. The van der Waals surface area contributed by atoms with E-state index in [0.29, 0.717) is 17.2 Å². The van der Waals surface area contributed by atoms with Crippen molar-refractivity contribution in [3.63, 3.8) is 0 Å². The number of nitrogens with zero attached hydrogens (tertiary/aromatic N) is 1. The number of aromatic nitrogens is 1. The highest BCUT2D eigenvalue weighted by Gasteiger charge is 2.32. The first-order valence-electron chi connectivity index (χ1n) is 11.8. The third kappa shape index (κ3) is 4.51. The van der Waals surface area contributed by atoms with Crippen molar-refractivity contribution in [3.8, 4) is 22.6 Å². The highest BCUT2D eigenvalue weighted by molar-refractivity contribution is 6.32. The van der Waals surface area contributed by atoms with Crippen LogP contribution in [0.2, 0.25) is 5.02 Å². The van der Waals surface area contributed by atoms with E-state index in [2.05, 4.69) is 16.4 Å². The molecule has 5 nitrogen and oxygen atoms in total. The van der Waals surface area contributed by atoms with Crippen LogP contribution in [-0.2, 0) is 0 Å². The molecule has 0 atom stereocenters. The number of phenolic OH excluding ortho intramolecular Hbond substituents is 1. The molecule has 0 amide bonds. The fourth-order valence-corrected chi connectivity index (χ4v) is 5.06. The Kier molecular flexibility index (Phi) is 6.15. The largest absolute Gasteiger partial charge is 0.503 e. The minimum Gasteiger partial charge on any atom is -0.503 e. The van der Waals surface area contributed by atoms with Gasteiger partial charge in [-0.2, -0.15) is 0 Å². The Morgan fingerprint density at radius 3 is 2.64 bits per heavy atom. The number of aromatic hydroxyl groups is 1. The third-order valence-corrected chi connectivity index (χ3v) is 7.24. The summed E-state index contributed by atoms with van der Waals surface area (Å²) in [7, 11) is 1.50. The van der Waals surface area contributed by atoms with Crippen LogP contribution in [0.3, 0.4) is 0 Å². The van der Waals surface area contributed by atoms with Crippen molar-refractivity contribution in [2.75, 3.05) is 19.0 Å². The monoisotopic (exact) mass is 464 g/mol. The minimum atomic E-state index is -0.0717. The fourth-order valence-electron chi connectivity index (χ4n) is 4.85. The molecule has 1 heterocycles. The molecule has 0 bridgehead atoms. The fraction of sp³-hybridized carbons (Fsp3) is 0.407. The molecule has 172 valence electrons. The lowest BCUT2D eigenvalue weighted by molar-refractivity contribution is 0.0968. The van der Waals surface area contributed by atoms with E-state index in [1.54, 1.807) is 18.3 Å². The number of phenols is 1. The second-order valence-corrected chi connectivity index (χ2v) is 9.72. The van der Waals surface area contributed by atoms with Crippen molar-refractivity contribution in [1.29, 1.82) is 0 Å². The van der Waals surface area contributed by atoms with Gasteiger partial charge in [-0.25, -0.2) is 0 Å². The number of ether oxygens (including phenoxy) is 1. The molecule has 5 rings (SSSR count). The van der Waals surface area contributed by atoms with Gasteiger partial charge in [0.15, 0.2) is 17.3 Å². The summed E-state index contributed by atoms with van der Waals surface area (Å²) >= 11 is 6.24. The van der Waals surface area contributed by atoms with Gasteiger partial charge in [0.2, 0.25) is 0 Å². The van der Waals surface area contributed by atoms with Gasteiger partial charge in [0.25, 0.3) is 0 Å². The van der Waals surface area contributed by atoms with Gasteiger partial charge in [-0.3, -0.25) is 9.78 Å². The van der Waals surface area contributed by atoms with Gasteiger partial charge >= 0.3 is 0 Å². The molecule has 2 aromatic carbocycles. The summed E-state index contributed by atoms with van der Waals surface area (Å²) in [6.45, 7) is 0.868. The van der Waals surface area contributed by atoms with E-state index in [1.165, 1.54) is 39.2 Å². The Bertz CT molecular complexity index is 1200. The number of fused-ring (bicyclic) bond motifs is 1. The van der Waals surface area contributed by atoms with Crippen molar-refractivity contribution in [1.82, 2.24) is 4.98 Å². The maximum Gasteiger partial charge on any atom is 0.176 e. The molecule has 6 heteroatoms. The van der Waals surface area contributed by atoms with Gasteiger partial charge in [0.1, 0.15) is 0 Å². The van der Waals surface area contributed by atoms with Crippen molar-refractivity contribution in [2.45, 2.75) is 44.9 Å². The number of hydrogen-bond acceptors (Lipinski definition) is 5. The molecular weight excluding hydrogens is 436 g/mol. The number of methoxy groups -OCH3 is 1. The van der Waals surface area contributed by atoms with Gasteiger partial charge in [-0.05, 0) is 67.0 Å². The molecular formula is C27H29ClN2O3. The number of nitrogens with one attached hydrogen (secondary N) is 1. The predicted molar refractivity (Wildman–Crippen MR) is 133 cm³/mol. The summed E-state index contributed by atoms with van der Waals surface area (Å²) in [5.41, 5.74) is 4.17. The van der Waals surface area contributed by atoms with E-state index >= 15 is 0 Å². The number of Topliss-reactive ketones (excluding diaryl/α,β-unsaturated/α-hetero) is 1. The van der Waals surface area contributed by atoms with Gasteiger partial charge in [0, 0.05) is 24.0 Å². The Morgan fingerprint density at radius 1 is 1.12 bits per heavy atom. The van der Waals surface area contributed by atoms with Gasteiger partial charge < -0.3 is 15.2 Å². The SMILES string of the molecule is COc1cc(-c2ccc3ncc(C(=O)C4CC4)c(NCC4CCCCC4)c3c2)cc(Cl)c1O. The zero-order valence-corrected chi connectivity index (χ0v) is 19.6. The van der Waals surface area contributed by atoms with Crippen LogP contribution < -0.4 is 10.1 Å². The molecule has 2 fully saturated rings. The van der Waals surface area contributed by atoms with E-state index in [-0.39, 0.29) is 22.5 Å². The van der Waals surface area contributed by atoms with Crippen molar-refractivity contribution >= 4 is 34.0 Å². The molecule has 2 aliphatic carbocycles. The summed E-state index contributed by atoms with van der Waals surface area (Å²) in [5, 5.41) is 14.9. The molecule has 0 radical (unpaired) electrons. The zero-order chi connectivity index (χ0) is 22.9. The van der Waals surface area contributed by atoms with E-state index in [1.807, 2.05) is 12.1 Å². The van der Waals surface area contributed by atoms with E-state index in [0.717, 1.165) is 47.1 Å². The van der Waals surface area contributed by atoms with E-state index < -0.39 is 0 Å². The highest BCUT2D eigenvalue weighted by Crippen LogP contribution is 2.41. The molecule has 0 saturated heterocycles. The van der Waals surface area contributed by atoms with Crippen LogP contribution in [0.5, 0.6) is 11.5 Å². The predicted octanol–water partition coefficient (Wildman–Crippen LogP) is 6.85. The number of carbonyl (C=O) groups is 1. The quantitative estimate of drug-likeness (QED) is 0.374. The minimum absolute atomic E-state index is 0.0717.